The summed E-state index contributed by atoms with van der Waals surface area (Å²) in [6.07, 6.45) is 0. The summed E-state index contributed by atoms with van der Waals surface area (Å²) < 4.78 is 0. The average molecular weight is 391 g/mol. The number of nitrogens with one attached hydrogen (secondary N) is 1. The van der Waals surface area contributed by atoms with Crippen molar-refractivity contribution >= 4 is 34.9 Å². The van der Waals surface area contributed by atoms with E-state index in [1.807, 2.05) is 6.07 Å². The van der Waals surface area contributed by atoms with E-state index in [1.165, 1.54) is 0 Å². The highest BCUT2D eigenvalue weighted by atomic mass is 35.5. The molecule has 138 valence electrons. The summed E-state index contributed by atoms with van der Waals surface area (Å²) in [5.74, 6) is -0.927. The summed E-state index contributed by atoms with van der Waals surface area (Å²) in [4.78, 5) is 39.0. The Morgan fingerprint density at radius 3 is 2.11 bits per heavy atom. The smallest absolute Gasteiger partial charge is 0.263 e. The Hall–Kier alpha value is -3.44. The van der Waals surface area contributed by atoms with Crippen LogP contribution in [0.2, 0.25) is 5.02 Å². The van der Waals surface area contributed by atoms with Crippen LogP contribution in [0.25, 0.3) is 0 Å². The summed E-state index contributed by atoms with van der Waals surface area (Å²) in [5, 5.41) is 3.46. The Kier molecular flexibility index (Phi) is 4.67. The van der Waals surface area contributed by atoms with Crippen LogP contribution < -0.4 is 5.32 Å². The minimum Gasteiger partial charge on any atom is -0.367 e. The number of anilines is 1. The van der Waals surface area contributed by atoms with Gasteiger partial charge < -0.3 is 5.32 Å². The monoisotopic (exact) mass is 390 g/mol. The van der Waals surface area contributed by atoms with Crippen LogP contribution in [-0.4, -0.2) is 29.2 Å². The first-order valence-electron chi connectivity index (χ1n) is 8.64. The molecular weight excluding hydrogens is 376 g/mol. The summed E-state index contributed by atoms with van der Waals surface area (Å²) in [6, 6.07) is 20.4. The van der Waals surface area contributed by atoms with E-state index in [9.17, 15) is 14.4 Å². The van der Waals surface area contributed by atoms with Gasteiger partial charge in [0.1, 0.15) is 0 Å². The fraction of sp³-hybridized carbons (Fsp3) is 0.0455. The van der Waals surface area contributed by atoms with Crippen molar-refractivity contribution in [3.63, 3.8) is 0 Å². The number of halogens is 1. The van der Waals surface area contributed by atoms with Crippen molar-refractivity contribution in [1.29, 1.82) is 0 Å². The Morgan fingerprint density at radius 2 is 1.46 bits per heavy atom. The molecule has 0 atom stereocenters. The van der Waals surface area contributed by atoms with Crippen molar-refractivity contribution in [3.8, 4) is 0 Å². The third-order valence-electron chi connectivity index (χ3n) is 4.57. The van der Waals surface area contributed by atoms with Crippen LogP contribution in [0.1, 0.15) is 36.6 Å². The Morgan fingerprint density at radius 1 is 0.857 bits per heavy atom. The molecule has 1 aliphatic heterocycles. The van der Waals surface area contributed by atoms with E-state index in [0.29, 0.717) is 33.0 Å². The van der Waals surface area contributed by atoms with Gasteiger partial charge >= 0.3 is 0 Å². The SMILES string of the molecule is O=C(c1ccccc1)c1cc(Cl)ccc1NCN1C(=O)c2ccccc2C1=O. The molecule has 5 nitrogen and oxygen atoms in total. The van der Waals surface area contributed by atoms with Crippen molar-refractivity contribution in [2.45, 2.75) is 0 Å². The van der Waals surface area contributed by atoms with Crippen molar-refractivity contribution in [2.24, 2.45) is 0 Å². The number of ketones is 1. The zero-order valence-electron chi connectivity index (χ0n) is 14.7. The zero-order valence-corrected chi connectivity index (χ0v) is 15.4. The van der Waals surface area contributed by atoms with E-state index in [0.717, 1.165) is 4.90 Å². The number of amides is 2. The second kappa shape index (κ2) is 7.29. The Bertz CT molecular complexity index is 1060. The molecule has 1 heterocycles. The molecule has 0 spiro atoms. The molecule has 0 bridgehead atoms. The summed E-state index contributed by atoms with van der Waals surface area (Å²) in [6.45, 7) is -0.0525. The first-order valence-corrected chi connectivity index (χ1v) is 9.02. The third kappa shape index (κ3) is 3.17. The van der Waals surface area contributed by atoms with Gasteiger partial charge in [0.05, 0.1) is 17.8 Å². The van der Waals surface area contributed by atoms with Gasteiger partial charge in [-0.1, -0.05) is 54.1 Å². The molecule has 1 aliphatic rings. The third-order valence-corrected chi connectivity index (χ3v) is 4.80. The van der Waals surface area contributed by atoms with Gasteiger partial charge in [-0.2, -0.15) is 0 Å². The van der Waals surface area contributed by atoms with Crippen molar-refractivity contribution in [1.82, 2.24) is 4.90 Å². The lowest BCUT2D eigenvalue weighted by molar-refractivity contribution is 0.0665. The molecule has 28 heavy (non-hydrogen) atoms. The molecule has 2 amide bonds. The van der Waals surface area contributed by atoms with Gasteiger partial charge in [0, 0.05) is 21.8 Å². The topological polar surface area (TPSA) is 66.5 Å². The zero-order chi connectivity index (χ0) is 19.7. The summed E-state index contributed by atoms with van der Waals surface area (Å²) in [7, 11) is 0. The highest BCUT2D eigenvalue weighted by molar-refractivity contribution is 6.31. The molecule has 0 aliphatic carbocycles. The van der Waals surface area contributed by atoms with E-state index >= 15 is 0 Å². The maximum absolute atomic E-state index is 12.9. The number of carbonyl (C=O) groups excluding carboxylic acids is 3. The normalized spacial score (nSPS) is 12.8. The van der Waals surface area contributed by atoms with Crippen LogP contribution in [0, 0.1) is 0 Å². The molecule has 0 fully saturated rings. The van der Waals surface area contributed by atoms with Crippen molar-refractivity contribution < 1.29 is 14.4 Å². The number of rotatable bonds is 5. The van der Waals surface area contributed by atoms with Gasteiger partial charge in [-0.3, -0.25) is 19.3 Å². The lowest BCUT2D eigenvalue weighted by Crippen LogP contribution is -2.34. The fourth-order valence-corrected chi connectivity index (χ4v) is 3.32. The van der Waals surface area contributed by atoms with Gasteiger partial charge in [-0.05, 0) is 30.3 Å². The molecular formula is C22H15ClN2O3. The van der Waals surface area contributed by atoms with Crippen LogP contribution in [0.3, 0.4) is 0 Å². The van der Waals surface area contributed by atoms with Crippen molar-refractivity contribution in [2.75, 3.05) is 12.0 Å². The highest BCUT2D eigenvalue weighted by Crippen LogP contribution is 2.26. The predicted molar refractivity (Wildman–Crippen MR) is 107 cm³/mol. The van der Waals surface area contributed by atoms with Gasteiger partial charge in [0.15, 0.2) is 5.78 Å². The number of nitrogens with zero attached hydrogens (tertiary/aromatic N) is 1. The standard InChI is InChI=1S/C22H15ClN2O3/c23-15-10-11-19(18(12-15)20(26)14-6-2-1-3-7-14)24-13-25-21(27)16-8-4-5-9-17(16)22(25)28/h1-12,24H,13H2. The first kappa shape index (κ1) is 17.9. The summed E-state index contributed by atoms with van der Waals surface area (Å²) in [5.41, 5.74) is 2.15. The number of carbonyl (C=O) groups is 3. The molecule has 0 saturated carbocycles. The molecule has 0 saturated heterocycles. The lowest BCUT2D eigenvalue weighted by Gasteiger charge is -2.17. The average Bonchev–Trinajstić information content (AvgIpc) is 2.97. The van der Waals surface area contributed by atoms with E-state index in [-0.39, 0.29) is 24.3 Å². The number of hydrogen-bond donors (Lipinski definition) is 1. The largest absolute Gasteiger partial charge is 0.367 e. The first-order chi connectivity index (χ1) is 13.6. The number of imide groups is 1. The highest BCUT2D eigenvalue weighted by Gasteiger charge is 2.34. The van der Waals surface area contributed by atoms with Crippen LogP contribution in [-0.2, 0) is 0 Å². The molecule has 3 aromatic carbocycles. The maximum Gasteiger partial charge on any atom is 0.263 e. The minimum absolute atomic E-state index is 0.0525. The van der Waals surface area contributed by atoms with Crippen molar-refractivity contribution in [3.05, 3.63) is 100 Å². The number of fused-ring (bicyclic) bond motifs is 1. The molecule has 0 aromatic heterocycles. The van der Waals surface area contributed by atoms with Crippen LogP contribution in [0.5, 0.6) is 0 Å². The molecule has 4 rings (SSSR count). The van der Waals surface area contributed by atoms with Gasteiger partial charge in [0.25, 0.3) is 11.8 Å². The Labute approximate surface area is 166 Å². The Balaban J connectivity index is 1.59. The van der Waals surface area contributed by atoms with Crippen LogP contribution in [0.4, 0.5) is 5.69 Å². The van der Waals surface area contributed by atoms with E-state index in [1.54, 1.807) is 66.7 Å². The van der Waals surface area contributed by atoms with Crippen LogP contribution >= 0.6 is 11.6 Å². The minimum atomic E-state index is -0.363. The quantitative estimate of drug-likeness (QED) is 0.522. The maximum atomic E-state index is 12.9. The van der Waals surface area contributed by atoms with Gasteiger partial charge in [0.2, 0.25) is 0 Å². The molecule has 3 aromatic rings. The molecule has 1 N–H and O–H groups in total. The lowest BCUT2D eigenvalue weighted by atomic mass is 10.0. The molecule has 0 radical (unpaired) electrons. The molecule has 6 heteroatoms. The second-order valence-electron chi connectivity index (χ2n) is 6.30. The van der Waals surface area contributed by atoms with E-state index < -0.39 is 0 Å². The van der Waals surface area contributed by atoms with E-state index in [4.69, 9.17) is 11.6 Å². The second-order valence-corrected chi connectivity index (χ2v) is 6.74. The number of hydrogen-bond acceptors (Lipinski definition) is 4. The predicted octanol–water partition coefficient (Wildman–Crippen LogP) is 4.24. The molecule has 0 unspecified atom stereocenters. The van der Waals surface area contributed by atoms with Gasteiger partial charge in [-0.15, -0.1) is 0 Å². The van der Waals surface area contributed by atoms with Gasteiger partial charge in [-0.25, -0.2) is 0 Å². The van der Waals surface area contributed by atoms with E-state index in [2.05, 4.69) is 5.32 Å². The summed E-state index contributed by atoms with van der Waals surface area (Å²) >= 11 is 6.08. The van der Waals surface area contributed by atoms with Crippen LogP contribution in [0.15, 0.2) is 72.8 Å². The number of benzene rings is 3. The fourth-order valence-electron chi connectivity index (χ4n) is 3.15.